The van der Waals surface area contributed by atoms with Crippen LogP contribution >= 0.6 is 0 Å². The number of aromatic nitrogens is 1. The van der Waals surface area contributed by atoms with E-state index in [9.17, 15) is 19.2 Å². The van der Waals surface area contributed by atoms with Crippen molar-refractivity contribution >= 4 is 29.4 Å². The fourth-order valence-electron chi connectivity index (χ4n) is 4.29. The van der Waals surface area contributed by atoms with Gasteiger partial charge in [-0.1, -0.05) is 0 Å². The number of methoxy groups -OCH3 is 1. The number of rotatable bonds is 8. The quantitative estimate of drug-likeness (QED) is 0.352. The number of Topliss-reactive ketones (excluding diaryl/α,β-unsaturated/α-hetero) is 1. The number of esters is 1. The number of piperazine rings is 1. The summed E-state index contributed by atoms with van der Waals surface area (Å²) >= 11 is 0. The summed E-state index contributed by atoms with van der Waals surface area (Å²) in [6.45, 7) is 4.12. The SMILES string of the molecule is COC(=O)c1ccc(NC(=O)N2CCN(CC(=O)c3cc(C(N)=O)c(C)n3Cc3ccco3)CC2)cc1. The summed E-state index contributed by atoms with van der Waals surface area (Å²) in [6.07, 6.45) is 1.55. The summed E-state index contributed by atoms with van der Waals surface area (Å²) in [7, 11) is 1.31. The number of nitrogens with two attached hydrogens (primary N) is 1. The number of primary amides is 1. The molecule has 0 bridgehead atoms. The Bertz CT molecular complexity index is 1290. The molecule has 194 valence electrons. The Balaban J connectivity index is 1.35. The number of furan rings is 1. The maximum atomic E-state index is 13.2. The first-order valence-corrected chi connectivity index (χ1v) is 11.8. The average molecular weight is 508 g/mol. The monoisotopic (exact) mass is 507 g/mol. The molecule has 0 atom stereocenters. The molecule has 1 aliphatic rings. The molecule has 1 saturated heterocycles. The minimum Gasteiger partial charge on any atom is -0.467 e. The van der Waals surface area contributed by atoms with Gasteiger partial charge in [-0.3, -0.25) is 14.5 Å². The van der Waals surface area contributed by atoms with Gasteiger partial charge in [-0.15, -0.1) is 0 Å². The molecule has 0 radical (unpaired) electrons. The number of amides is 3. The molecular formula is C26H29N5O6. The van der Waals surface area contributed by atoms with E-state index in [1.807, 2.05) is 4.90 Å². The van der Waals surface area contributed by atoms with E-state index in [0.29, 0.717) is 66.7 Å². The predicted octanol–water partition coefficient (Wildman–Crippen LogP) is 2.36. The number of nitrogens with zero attached hydrogens (tertiary/aromatic N) is 3. The van der Waals surface area contributed by atoms with Crippen LogP contribution in [-0.4, -0.2) is 77.9 Å². The third-order valence-electron chi connectivity index (χ3n) is 6.40. The van der Waals surface area contributed by atoms with Crippen molar-refractivity contribution in [1.82, 2.24) is 14.4 Å². The van der Waals surface area contributed by atoms with Crippen LogP contribution in [0.3, 0.4) is 0 Å². The number of hydrogen-bond donors (Lipinski definition) is 2. The first kappa shape index (κ1) is 25.7. The van der Waals surface area contributed by atoms with E-state index in [-0.39, 0.29) is 18.4 Å². The molecule has 37 heavy (non-hydrogen) atoms. The van der Waals surface area contributed by atoms with Crippen LogP contribution in [0.5, 0.6) is 0 Å². The summed E-state index contributed by atoms with van der Waals surface area (Å²) in [5.41, 5.74) is 7.77. The number of urea groups is 1. The molecule has 3 amide bonds. The minimum absolute atomic E-state index is 0.143. The Morgan fingerprint density at radius 2 is 1.76 bits per heavy atom. The number of nitrogens with one attached hydrogen (secondary N) is 1. The lowest BCUT2D eigenvalue weighted by Gasteiger charge is -2.34. The van der Waals surface area contributed by atoms with Crippen molar-refractivity contribution in [2.45, 2.75) is 13.5 Å². The van der Waals surface area contributed by atoms with Crippen LogP contribution in [-0.2, 0) is 11.3 Å². The van der Waals surface area contributed by atoms with E-state index < -0.39 is 11.9 Å². The summed E-state index contributed by atoms with van der Waals surface area (Å²) in [4.78, 5) is 53.0. The molecule has 11 nitrogen and oxygen atoms in total. The zero-order chi connectivity index (χ0) is 26.5. The topological polar surface area (TPSA) is 140 Å². The van der Waals surface area contributed by atoms with Gasteiger partial charge in [-0.2, -0.15) is 0 Å². The Labute approximate surface area is 213 Å². The van der Waals surface area contributed by atoms with Crippen LogP contribution in [0.2, 0.25) is 0 Å². The zero-order valence-electron chi connectivity index (χ0n) is 20.7. The van der Waals surface area contributed by atoms with Gasteiger partial charge >= 0.3 is 12.0 Å². The molecule has 0 aliphatic carbocycles. The highest BCUT2D eigenvalue weighted by molar-refractivity contribution is 6.01. The van der Waals surface area contributed by atoms with E-state index in [2.05, 4.69) is 10.1 Å². The van der Waals surface area contributed by atoms with Crippen LogP contribution in [0.4, 0.5) is 10.5 Å². The number of benzene rings is 1. The third kappa shape index (κ3) is 5.89. The molecule has 1 fully saturated rings. The number of ether oxygens (including phenoxy) is 1. The molecule has 3 aromatic rings. The van der Waals surface area contributed by atoms with Gasteiger partial charge in [0.15, 0.2) is 5.78 Å². The molecule has 1 aromatic carbocycles. The van der Waals surface area contributed by atoms with Gasteiger partial charge < -0.3 is 29.7 Å². The fourth-order valence-corrected chi connectivity index (χ4v) is 4.29. The fraction of sp³-hybridized carbons (Fsp3) is 0.308. The van der Waals surface area contributed by atoms with Gasteiger partial charge in [-0.25, -0.2) is 9.59 Å². The van der Waals surface area contributed by atoms with Crippen LogP contribution in [0.1, 0.15) is 42.7 Å². The molecule has 1 aliphatic heterocycles. The molecule has 0 spiro atoms. The summed E-state index contributed by atoms with van der Waals surface area (Å²) in [5, 5.41) is 2.82. The van der Waals surface area contributed by atoms with Gasteiger partial charge in [0.2, 0.25) is 0 Å². The number of hydrogen-bond acceptors (Lipinski definition) is 7. The van der Waals surface area contributed by atoms with Crippen LogP contribution in [0.15, 0.2) is 53.1 Å². The van der Waals surface area contributed by atoms with E-state index >= 15 is 0 Å². The van der Waals surface area contributed by atoms with Crippen molar-refractivity contribution in [3.8, 4) is 0 Å². The van der Waals surface area contributed by atoms with Crippen molar-refractivity contribution in [2.24, 2.45) is 5.73 Å². The predicted molar refractivity (Wildman–Crippen MR) is 135 cm³/mol. The second kappa shape index (κ2) is 11.1. The van der Waals surface area contributed by atoms with Gasteiger partial charge in [0.25, 0.3) is 5.91 Å². The molecule has 2 aromatic heterocycles. The van der Waals surface area contributed by atoms with Crippen molar-refractivity contribution in [1.29, 1.82) is 0 Å². The lowest BCUT2D eigenvalue weighted by Crippen LogP contribution is -2.51. The molecule has 11 heteroatoms. The Morgan fingerprint density at radius 1 is 1.05 bits per heavy atom. The highest BCUT2D eigenvalue weighted by atomic mass is 16.5. The smallest absolute Gasteiger partial charge is 0.337 e. The van der Waals surface area contributed by atoms with E-state index in [0.717, 1.165) is 0 Å². The van der Waals surface area contributed by atoms with Crippen molar-refractivity contribution in [3.05, 3.63) is 77.0 Å². The summed E-state index contributed by atoms with van der Waals surface area (Å²) < 4.78 is 11.8. The second-order valence-electron chi connectivity index (χ2n) is 8.74. The number of anilines is 1. The Kier molecular flexibility index (Phi) is 7.73. The summed E-state index contributed by atoms with van der Waals surface area (Å²) in [6, 6.07) is 11.3. The molecular weight excluding hydrogens is 478 g/mol. The largest absolute Gasteiger partial charge is 0.467 e. The molecule has 3 heterocycles. The Morgan fingerprint density at radius 3 is 2.35 bits per heavy atom. The zero-order valence-corrected chi connectivity index (χ0v) is 20.7. The third-order valence-corrected chi connectivity index (χ3v) is 6.40. The highest BCUT2D eigenvalue weighted by Gasteiger charge is 2.26. The van der Waals surface area contributed by atoms with Crippen molar-refractivity contribution < 1.29 is 28.3 Å². The normalized spacial score (nSPS) is 13.8. The lowest BCUT2D eigenvalue weighted by molar-refractivity contribution is 0.0600. The summed E-state index contributed by atoms with van der Waals surface area (Å²) in [5.74, 6) is -0.531. The maximum absolute atomic E-state index is 13.2. The van der Waals surface area contributed by atoms with Gasteiger partial charge in [-0.05, 0) is 49.4 Å². The highest BCUT2D eigenvalue weighted by Crippen LogP contribution is 2.19. The molecule has 4 rings (SSSR count). The van der Waals surface area contributed by atoms with E-state index in [1.54, 1.807) is 59.1 Å². The van der Waals surface area contributed by atoms with Gasteiger partial charge in [0.1, 0.15) is 5.76 Å². The molecule has 0 saturated carbocycles. The molecule has 0 unspecified atom stereocenters. The minimum atomic E-state index is -0.593. The first-order valence-electron chi connectivity index (χ1n) is 11.8. The van der Waals surface area contributed by atoms with Crippen LogP contribution < -0.4 is 11.1 Å². The average Bonchev–Trinajstić information content (AvgIpc) is 3.53. The Hall–Kier alpha value is -4.38. The van der Waals surface area contributed by atoms with Gasteiger partial charge in [0.05, 0.1) is 43.3 Å². The first-order chi connectivity index (χ1) is 17.8. The van der Waals surface area contributed by atoms with E-state index in [1.165, 1.54) is 13.2 Å². The van der Waals surface area contributed by atoms with Crippen molar-refractivity contribution in [2.75, 3.05) is 45.2 Å². The maximum Gasteiger partial charge on any atom is 0.337 e. The van der Waals surface area contributed by atoms with Crippen LogP contribution in [0.25, 0.3) is 0 Å². The number of ketones is 1. The van der Waals surface area contributed by atoms with Crippen LogP contribution in [0, 0.1) is 6.92 Å². The number of carbonyl (C=O) groups is 4. The number of carbonyl (C=O) groups excluding carboxylic acids is 4. The van der Waals surface area contributed by atoms with E-state index in [4.69, 9.17) is 10.2 Å². The standard InChI is InChI=1S/C26H29N5O6/c1-17-21(24(27)33)14-22(31(17)15-20-4-3-13-37-20)23(32)16-29-9-11-30(12-10-29)26(35)28-19-7-5-18(6-8-19)25(34)36-2/h3-8,13-14H,9-12,15-16H2,1-2H3,(H2,27,33)(H,28,35). The van der Waals surface area contributed by atoms with Crippen molar-refractivity contribution in [3.63, 3.8) is 0 Å². The molecule has 3 N–H and O–H groups in total. The lowest BCUT2D eigenvalue weighted by atomic mass is 10.2. The second-order valence-corrected chi connectivity index (χ2v) is 8.74. The van der Waals surface area contributed by atoms with Gasteiger partial charge in [0, 0.05) is 37.6 Å².